The van der Waals surface area contributed by atoms with Crippen molar-refractivity contribution in [1.82, 2.24) is 5.32 Å². The molecule has 3 rings (SSSR count). The van der Waals surface area contributed by atoms with Gasteiger partial charge in [0.15, 0.2) is 0 Å². The van der Waals surface area contributed by atoms with E-state index in [0.717, 1.165) is 43.1 Å². The molecule has 1 heterocycles. The van der Waals surface area contributed by atoms with Crippen molar-refractivity contribution in [3.63, 3.8) is 0 Å². The van der Waals surface area contributed by atoms with E-state index in [9.17, 15) is 4.79 Å². The normalized spacial score (nSPS) is 20.5. The van der Waals surface area contributed by atoms with Crippen LogP contribution in [0.4, 0.5) is 11.4 Å². The number of piperidine rings is 1. The minimum Gasteiger partial charge on any atom is -0.399 e. The highest BCUT2D eigenvalue weighted by Gasteiger charge is 2.23. The Bertz CT molecular complexity index is 544. The summed E-state index contributed by atoms with van der Waals surface area (Å²) in [5.41, 5.74) is 8.39. The second kappa shape index (κ2) is 7.24. The topological polar surface area (TPSA) is 58.4 Å². The lowest BCUT2D eigenvalue weighted by atomic mass is 9.95. The largest absolute Gasteiger partial charge is 0.399 e. The van der Waals surface area contributed by atoms with Crippen molar-refractivity contribution in [2.45, 2.75) is 57.9 Å². The summed E-state index contributed by atoms with van der Waals surface area (Å²) in [5, 5.41) is 3.23. The first-order chi connectivity index (χ1) is 11.1. The van der Waals surface area contributed by atoms with Gasteiger partial charge in [-0.25, -0.2) is 0 Å². The second-order valence-corrected chi connectivity index (χ2v) is 7.25. The smallest absolute Gasteiger partial charge is 0.253 e. The fraction of sp³-hybridized carbons (Fsp3) is 0.632. The lowest BCUT2D eigenvalue weighted by Gasteiger charge is -2.33. The van der Waals surface area contributed by atoms with Crippen LogP contribution in [-0.4, -0.2) is 25.0 Å². The minimum atomic E-state index is 0.0396. The van der Waals surface area contributed by atoms with Crippen LogP contribution in [0.15, 0.2) is 18.2 Å². The van der Waals surface area contributed by atoms with E-state index in [1.54, 1.807) is 0 Å². The van der Waals surface area contributed by atoms with E-state index in [1.165, 1.54) is 32.1 Å². The van der Waals surface area contributed by atoms with Crippen molar-refractivity contribution in [3.05, 3.63) is 23.8 Å². The number of carbonyl (C=O) groups is 1. The van der Waals surface area contributed by atoms with Gasteiger partial charge in [-0.05, 0) is 49.8 Å². The van der Waals surface area contributed by atoms with Gasteiger partial charge in [-0.1, -0.05) is 26.2 Å². The molecule has 1 aromatic rings. The minimum absolute atomic E-state index is 0.0396. The Morgan fingerprint density at radius 3 is 2.52 bits per heavy atom. The van der Waals surface area contributed by atoms with Crippen molar-refractivity contribution in [2.75, 3.05) is 23.7 Å². The molecule has 23 heavy (non-hydrogen) atoms. The SMILES string of the molecule is CC1CCN(c2ccc(N)cc2C(=O)NC2CCCCC2)CC1. The maximum atomic E-state index is 12.8. The van der Waals surface area contributed by atoms with Crippen molar-refractivity contribution < 1.29 is 4.79 Å². The summed E-state index contributed by atoms with van der Waals surface area (Å²) >= 11 is 0. The number of hydrogen-bond donors (Lipinski definition) is 2. The summed E-state index contributed by atoms with van der Waals surface area (Å²) in [5.74, 6) is 0.817. The molecule has 0 unspecified atom stereocenters. The zero-order chi connectivity index (χ0) is 16.2. The average molecular weight is 315 g/mol. The zero-order valence-electron chi connectivity index (χ0n) is 14.2. The monoisotopic (exact) mass is 315 g/mol. The second-order valence-electron chi connectivity index (χ2n) is 7.25. The van der Waals surface area contributed by atoms with Crippen molar-refractivity contribution in [3.8, 4) is 0 Å². The molecule has 4 nitrogen and oxygen atoms in total. The molecule has 0 aromatic heterocycles. The summed E-state index contributed by atoms with van der Waals surface area (Å²) in [6.45, 7) is 4.35. The van der Waals surface area contributed by atoms with E-state index >= 15 is 0 Å². The molecule has 1 aliphatic heterocycles. The number of carbonyl (C=O) groups excluding carboxylic acids is 1. The van der Waals surface area contributed by atoms with Gasteiger partial charge in [0.25, 0.3) is 5.91 Å². The van der Waals surface area contributed by atoms with E-state index in [2.05, 4.69) is 17.1 Å². The number of anilines is 2. The van der Waals surface area contributed by atoms with E-state index in [4.69, 9.17) is 5.73 Å². The third kappa shape index (κ3) is 3.98. The van der Waals surface area contributed by atoms with Gasteiger partial charge >= 0.3 is 0 Å². The fourth-order valence-corrected chi connectivity index (χ4v) is 3.77. The highest BCUT2D eigenvalue weighted by Crippen LogP contribution is 2.28. The Labute approximate surface area is 139 Å². The molecular weight excluding hydrogens is 286 g/mol. The fourth-order valence-electron chi connectivity index (χ4n) is 3.77. The van der Waals surface area contributed by atoms with Crippen molar-refractivity contribution in [2.24, 2.45) is 5.92 Å². The maximum Gasteiger partial charge on any atom is 0.253 e. The highest BCUT2D eigenvalue weighted by atomic mass is 16.1. The number of nitrogens with zero attached hydrogens (tertiary/aromatic N) is 1. The Morgan fingerprint density at radius 2 is 1.83 bits per heavy atom. The van der Waals surface area contributed by atoms with Crippen LogP contribution in [0.3, 0.4) is 0 Å². The molecule has 126 valence electrons. The quantitative estimate of drug-likeness (QED) is 0.838. The Hall–Kier alpha value is -1.71. The summed E-state index contributed by atoms with van der Waals surface area (Å²) in [7, 11) is 0. The van der Waals surface area contributed by atoms with Crippen LogP contribution < -0.4 is 16.0 Å². The third-order valence-corrected chi connectivity index (χ3v) is 5.33. The van der Waals surface area contributed by atoms with Crippen LogP contribution in [0.25, 0.3) is 0 Å². The molecule has 0 bridgehead atoms. The molecule has 2 aliphatic rings. The first kappa shape index (κ1) is 16.2. The van der Waals surface area contributed by atoms with E-state index in [0.29, 0.717) is 11.7 Å². The summed E-state index contributed by atoms with van der Waals surface area (Å²) in [4.78, 5) is 15.1. The van der Waals surface area contributed by atoms with Crippen LogP contribution >= 0.6 is 0 Å². The molecule has 1 amide bonds. The van der Waals surface area contributed by atoms with Crippen LogP contribution in [0, 0.1) is 5.92 Å². The molecule has 0 atom stereocenters. The zero-order valence-corrected chi connectivity index (χ0v) is 14.2. The van der Waals surface area contributed by atoms with Gasteiger partial charge in [0.2, 0.25) is 0 Å². The first-order valence-electron chi connectivity index (χ1n) is 9.09. The van der Waals surface area contributed by atoms with E-state index in [1.807, 2.05) is 18.2 Å². The van der Waals surface area contributed by atoms with Gasteiger partial charge in [0, 0.05) is 30.5 Å². The van der Waals surface area contributed by atoms with Gasteiger partial charge < -0.3 is 16.0 Å². The van der Waals surface area contributed by atoms with Crippen LogP contribution in [0.1, 0.15) is 62.2 Å². The molecule has 1 saturated heterocycles. The number of amides is 1. The number of hydrogen-bond acceptors (Lipinski definition) is 3. The highest BCUT2D eigenvalue weighted by molar-refractivity contribution is 6.01. The lowest BCUT2D eigenvalue weighted by Crippen LogP contribution is -2.38. The van der Waals surface area contributed by atoms with E-state index in [-0.39, 0.29) is 5.91 Å². The van der Waals surface area contributed by atoms with E-state index < -0.39 is 0 Å². The third-order valence-electron chi connectivity index (χ3n) is 5.33. The molecule has 1 aliphatic carbocycles. The van der Waals surface area contributed by atoms with Crippen LogP contribution in [0.2, 0.25) is 0 Å². The molecular formula is C19H29N3O. The number of nitrogen functional groups attached to an aromatic ring is 1. The average Bonchev–Trinajstić information content (AvgIpc) is 2.56. The van der Waals surface area contributed by atoms with Gasteiger partial charge in [-0.2, -0.15) is 0 Å². The molecule has 4 heteroatoms. The summed E-state index contributed by atoms with van der Waals surface area (Å²) < 4.78 is 0. The maximum absolute atomic E-state index is 12.8. The van der Waals surface area contributed by atoms with Crippen molar-refractivity contribution in [1.29, 1.82) is 0 Å². The van der Waals surface area contributed by atoms with Crippen molar-refractivity contribution >= 4 is 17.3 Å². The molecule has 1 saturated carbocycles. The Morgan fingerprint density at radius 1 is 1.13 bits per heavy atom. The molecule has 0 spiro atoms. The van der Waals surface area contributed by atoms with Gasteiger partial charge in [-0.3, -0.25) is 4.79 Å². The predicted octanol–water partition coefficient (Wildman–Crippen LogP) is 3.57. The van der Waals surface area contributed by atoms with Crippen LogP contribution in [0.5, 0.6) is 0 Å². The van der Waals surface area contributed by atoms with Crippen LogP contribution in [-0.2, 0) is 0 Å². The lowest BCUT2D eigenvalue weighted by molar-refractivity contribution is 0.0928. The molecule has 3 N–H and O–H groups in total. The molecule has 1 aromatic carbocycles. The Kier molecular flexibility index (Phi) is 5.09. The first-order valence-corrected chi connectivity index (χ1v) is 9.09. The predicted molar refractivity (Wildman–Crippen MR) is 95.8 cm³/mol. The Balaban J connectivity index is 1.76. The number of benzene rings is 1. The molecule has 0 radical (unpaired) electrons. The number of nitrogens with two attached hydrogens (primary N) is 1. The molecule has 2 fully saturated rings. The standard InChI is InChI=1S/C19H29N3O/c1-14-9-11-22(12-10-14)18-8-7-15(20)13-17(18)19(23)21-16-5-3-2-4-6-16/h7-8,13-14,16H,2-6,9-12,20H2,1H3,(H,21,23). The van der Waals surface area contributed by atoms with Gasteiger partial charge in [0.1, 0.15) is 0 Å². The summed E-state index contributed by atoms with van der Waals surface area (Å²) in [6, 6.07) is 6.09. The van der Waals surface area contributed by atoms with Gasteiger partial charge in [0.05, 0.1) is 5.56 Å². The van der Waals surface area contributed by atoms with Gasteiger partial charge in [-0.15, -0.1) is 0 Å². The summed E-state index contributed by atoms with van der Waals surface area (Å²) in [6.07, 6.45) is 8.32. The number of nitrogens with one attached hydrogen (secondary N) is 1. The number of rotatable bonds is 3.